The largest absolute Gasteiger partial charge is 0.494 e. The summed E-state index contributed by atoms with van der Waals surface area (Å²) in [5, 5.41) is 5.80. The fraction of sp³-hybridized carbons (Fsp3) is 0.674. The lowest BCUT2D eigenvalue weighted by Gasteiger charge is -2.28. The van der Waals surface area contributed by atoms with E-state index in [1.54, 1.807) is 58.3 Å². The third-order valence-corrected chi connectivity index (χ3v) is 18.6. The van der Waals surface area contributed by atoms with E-state index in [2.05, 4.69) is 38.3 Å². The summed E-state index contributed by atoms with van der Waals surface area (Å²) in [4.78, 5) is 58.1. The number of carbonyl (C=O) groups excluding carboxylic acids is 4. The molecule has 4 aromatic carbocycles. The first-order valence-electron chi connectivity index (χ1n) is 40.7. The molecule has 0 aliphatic heterocycles. The molecular formula is C86H138N4O12. The van der Waals surface area contributed by atoms with Gasteiger partial charge in [-0.15, -0.1) is 0 Å². The minimum atomic E-state index is -0.362. The number of ether oxygens (including phenoxy) is 8. The van der Waals surface area contributed by atoms with E-state index in [1.165, 1.54) is 205 Å². The zero-order valence-corrected chi connectivity index (χ0v) is 64.2. The Labute approximate surface area is 617 Å². The fourth-order valence-corrected chi connectivity index (χ4v) is 12.1. The standard InChI is InChI=1S/C86H138N4O12/c1-5-9-13-17-21-25-29-33-37-41-67-95-75-45-53-79(54-46-75)99-71-83(91)87-61-63-89(85(93)73-101-81-57-49-77(50-58-81)97-69-43-39-35-31-27-23-19-15-11-7-3)65-66-90(86(94)74-102-82-59-51-78(52-60-82)98-70-44-40-36-32-28-24-20-16-12-8-4)64-62-88-84(92)72-100-80-55-47-76(48-56-80)96-68-42-38-34-30-26-22-18-14-10-6-2/h45-60H,5-44,61-74H2,1-4H3,(H,87,91)(H,88,92). The molecule has 574 valence electrons. The lowest BCUT2D eigenvalue weighted by molar-refractivity contribution is -0.137. The van der Waals surface area contributed by atoms with Crippen LogP contribution in [-0.2, 0) is 19.2 Å². The zero-order chi connectivity index (χ0) is 72.7. The Bertz CT molecular complexity index is 2460. The Kier molecular flexibility index (Phi) is 52.9. The van der Waals surface area contributed by atoms with E-state index in [1.807, 2.05) is 48.5 Å². The van der Waals surface area contributed by atoms with Gasteiger partial charge in [0.2, 0.25) is 0 Å². The monoisotopic (exact) mass is 1420 g/mol. The van der Waals surface area contributed by atoms with Gasteiger partial charge < -0.3 is 58.3 Å². The highest BCUT2D eigenvalue weighted by atomic mass is 16.5. The van der Waals surface area contributed by atoms with E-state index in [9.17, 15) is 19.2 Å². The Morgan fingerprint density at radius 2 is 0.412 bits per heavy atom. The van der Waals surface area contributed by atoms with Crippen LogP contribution in [0.1, 0.15) is 285 Å². The predicted molar refractivity (Wildman–Crippen MR) is 416 cm³/mol. The molecule has 16 nitrogen and oxygen atoms in total. The summed E-state index contributed by atoms with van der Waals surface area (Å²) in [5.74, 6) is 3.60. The summed E-state index contributed by atoms with van der Waals surface area (Å²) in [5.41, 5.74) is 0. The van der Waals surface area contributed by atoms with Crippen LogP contribution < -0.4 is 48.5 Å². The van der Waals surface area contributed by atoms with Gasteiger partial charge in [-0.2, -0.15) is 0 Å². The molecule has 0 saturated heterocycles. The van der Waals surface area contributed by atoms with E-state index in [0.29, 0.717) is 49.4 Å². The Morgan fingerprint density at radius 1 is 0.235 bits per heavy atom. The van der Waals surface area contributed by atoms with Crippen LogP contribution in [0.2, 0.25) is 0 Å². The maximum absolute atomic E-state index is 14.2. The van der Waals surface area contributed by atoms with Crippen molar-refractivity contribution in [3.63, 3.8) is 0 Å². The average Bonchev–Trinajstić information content (AvgIpc) is 1.12. The van der Waals surface area contributed by atoms with Crippen LogP contribution in [0.25, 0.3) is 0 Å². The number of nitrogens with one attached hydrogen (secondary N) is 2. The second-order valence-corrected chi connectivity index (χ2v) is 27.6. The van der Waals surface area contributed by atoms with Gasteiger partial charge in [-0.3, -0.25) is 19.2 Å². The topological polar surface area (TPSA) is 173 Å². The van der Waals surface area contributed by atoms with E-state index in [4.69, 9.17) is 37.9 Å². The predicted octanol–water partition coefficient (Wildman–Crippen LogP) is 20.4. The van der Waals surface area contributed by atoms with Gasteiger partial charge in [0.1, 0.15) is 46.0 Å². The smallest absolute Gasteiger partial charge is 0.260 e. The third kappa shape index (κ3) is 46.7. The molecular weight excluding hydrogens is 1280 g/mol. The van der Waals surface area contributed by atoms with Crippen molar-refractivity contribution < 1.29 is 57.1 Å². The highest BCUT2D eigenvalue weighted by Gasteiger charge is 2.21. The van der Waals surface area contributed by atoms with Crippen LogP contribution in [0.5, 0.6) is 46.0 Å². The van der Waals surface area contributed by atoms with Gasteiger partial charge in [-0.25, -0.2) is 0 Å². The Hall–Kier alpha value is -6.84. The number of rotatable bonds is 69. The van der Waals surface area contributed by atoms with Gasteiger partial charge in [0.05, 0.1) is 26.4 Å². The van der Waals surface area contributed by atoms with E-state index < -0.39 is 0 Å². The average molecular weight is 1420 g/mol. The highest BCUT2D eigenvalue weighted by molar-refractivity contribution is 5.80. The summed E-state index contributed by atoms with van der Waals surface area (Å²) in [6.45, 7) is 11.1. The molecule has 0 unspecified atom stereocenters. The maximum atomic E-state index is 14.2. The fourth-order valence-electron chi connectivity index (χ4n) is 12.1. The lowest BCUT2D eigenvalue weighted by Crippen LogP contribution is -2.48. The summed E-state index contributed by atoms with van der Waals surface area (Å²) in [6.07, 6.45) is 50.3. The van der Waals surface area contributed by atoms with Crippen LogP contribution in [0.4, 0.5) is 0 Å². The minimum absolute atomic E-state index is 0.0841. The molecule has 0 heterocycles. The Balaban J connectivity index is 1.34. The molecule has 0 radical (unpaired) electrons. The first-order chi connectivity index (χ1) is 50.2. The van der Waals surface area contributed by atoms with Crippen molar-refractivity contribution in [2.75, 3.05) is 92.1 Å². The minimum Gasteiger partial charge on any atom is -0.494 e. The molecule has 0 fully saturated rings. The molecule has 102 heavy (non-hydrogen) atoms. The van der Waals surface area contributed by atoms with Crippen molar-refractivity contribution in [1.29, 1.82) is 0 Å². The highest BCUT2D eigenvalue weighted by Crippen LogP contribution is 2.24. The number of unbranched alkanes of at least 4 members (excludes halogenated alkanes) is 36. The van der Waals surface area contributed by atoms with Crippen molar-refractivity contribution in [3.05, 3.63) is 97.1 Å². The second kappa shape index (κ2) is 61.6. The first-order valence-corrected chi connectivity index (χ1v) is 40.7. The maximum Gasteiger partial charge on any atom is 0.260 e. The van der Waals surface area contributed by atoms with Gasteiger partial charge in [0, 0.05) is 39.3 Å². The van der Waals surface area contributed by atoms with Crippen molar-refractivity contribution in [2.45, 2.75) is 285 Å². The van der Waals surface area contributed by atoms with Crippen molar-refractivity contribution >= 4 is 23.6 Å². The van der Waals surface area contributed by atoms with E-state index in [-0.39, 0.29) is 89.3 Å². The number of hydrogen-bond donors (Lipinski definition) is 2. The first kappa shape index (κ1) is 87.6. The van der Waals surface area contributed by atoms with Gasteiger partial charge in [-0.1, -0.05) is 259 Å². The number of carbonyl (C=O) groups is 4. The molecule has 0 bridgehead atoms. The quantitative estimate of drug-likeness (QED) is 0.0401. The molecule has 16 heteroatoms. The van der Waals surface area contributed by atoms with Crippen molar-refractivity contribution in [3.8, 4) is 46.0 Å². The summed E-state index contributed by atoms with van der Waals surface area (Å²) < 4.78 is 47.9. The van der Waals surface area contributed by atoms with Gasteiger partial charge in [0.15, 0.2) is 26.4 Å². The molecule has 0 atom stereocenters. The van der Waals surface area contributed by atoms with Gasteiger partial charge >= 0.3 is 0 Å². The SMILES string of the molecule is CCCCCCCCCCCCOc1ccc(OCC(=O)NCCN(CCN(CCNC(=O)COc2ccc(OCCCCCCCCCCCC)cc2)C(=O)COc2ccc(OCCCCCCCCCCCC)cc2)C(=O)COc2ccc(OCCCCCCCCCCCC)cc2)cc1. The van der Waals surface area contributed by atoms with Crippen LogP contribution >= 0.6 is 0 Å². The number of nitrogens with zero attached hydrogens (tertiary/aromatic N) is 2. The van der Waals surface area contributed by atoms with Gasteiger partial charge in [0.25, 0.3) is 23.6 Å². The Morgan fingerprint density at radius 3 is 0.618 bits per heavy atom. The van der Waals surface area contributed by atoms with Crippen LogP contribution in [0.15, 0.2) is 97.1 Å². The molecule has 2 N–H and O–H groups in total. The number of hydrogen-bond acceptors (Lipinski definition) is 12. The summed E-state index contributed by atoms with van der Waals surface area (Å²) in [6, 6.07) is 29.1. The molecule has 0 aromatic heterocycles. The third-order valence-electron chi connectivity index (χ3n) is 18.6. The van der Waals surface area contributed by atoms with Crippen LogP contribution in [0.3, 0.4) is 0 Å². The number of benzene rings is 4. The molecule has 0 aliphatic rings. The van der Waals surface area contributed by atoms with Gasteiger partial charge in [-0.05, 0) is 123 Å². The zero-order valence-electron chi connectivity index (χ0n) is 64.2. The summed E-state index contributed by atoms with van der Waals surface area (Å²) >= 11 is 0. The molecule has 0 saturated carbocycles. The normalized spacial score (nSPS) is 11.1. The molecule has 0 aliphatic carbocycles. The number of amides is 4. The molecule has 4 amide bonds. The van der Waals surface area contributed by atoms with Crippen molar-refractivity contribution in [1.82, 2.24) is 20.4 Å². The molecule has 4 aromatic rings. The molecule has 4 rings (SSSR count). The van der Waals surface area contributed by atoms with E-state index in [0.717, 1.165) is 74.4 Å². The molecule has 0 spiro atoms. The van der Waals surface area contributed by atoms with E-state index >= 15 is 0 Å². The van der Waals surface area contributed by atoms with Crippen LogP contribution in [-0.4, -0.2) is 126 Å². The summed E-state index contributed by atoms with van der Waals surface area (Å²) in [7, 11) is 0. The van der Waals surface area contributed by atoms with Crippen molar-refractivity contribution in [2.24, 2.45) is 0 Å². The van der Waals surface area contributed by atoms with Crippen LogP contribution in [0, 0.1) is 0 Å². The lowest BCUT2D eigenvalue weighted by atomic mass is 10.1. The second-order valence-electron chi connectivity index (χ2n) is 27.6.